The van der Waals surface area contributed by atoms with E-state index in [2.05, 4.69) is 26.1 Å². The number of nitrogens with zero attached hydrogens (tertiary/aromatic N) is 1. The van der Waals surface area contributed by atoms with Gasteiger partial charge >= 0.3 is 5.97 Å². The Morgan fingerprint density at radius 1 is 1.14 bits per heavy atom. The number of ether oxygens (including phenoxy) is 1. The van der Waals surface area contributed by atoms with Crippen molar-refractivity contribution in [3.05, 3.63) is 69.4 Å². The van der Waals surface area contributed by atoms with Crippen LogP contribution in [0.2, 0.25) is 0 Å². The van der Waals surface area contributed by atoms with Crippen molar-refractivity contribution in [2.75, 3.05) is 12.4 Å². The minimum absolute atomic E-state index is 0.185. The van der Waals surface area contributed by atoms with Gasteiger partial charge in [-0.1, -0.05) is 45.0 Å². The molecule has 0 radical (unpaired) electrons. The van der Waals surface area contributed by atoms with Crippen molar-refractivity contribution in [2.24, 2.45) is 11.3 Å². The highest BCUT2D eigenvalue weighted by Gasteiger charge is 2.34. The van der Waals surface area contributed by atoms with Gasteiger partial charge in [-0.25, -0.2) is 9.78 Å². The van der Waals surface area contributed by atoms with E-state index in [4.69, 9.17) is 9.72 Å². The Bertz CT molecular complexity index is 1410. The smallest absolute Gasteiger partial charge is 0.341 e. The Kier molecular flexibility index (Phi) is 6.23. The van der Waals surface area contributed by atoms with Gasteiger partial charge in [0.05, 0.1) is 34.3 Å². The second-order valence-corrected chi connectivity index (χ2v) is 12.1. The van der Waals surface area contributed by atoms with E-state index in [9.17, 15) is 9.59 Å². The third kappa shape index (κ3) is 4.50. The molecule has 0 spiro atoms. The highest BCUT2D eigenvalue weighted by molar-refractivity contribution is 7.17. The number of anilines is 1. The van der Waals surface area contributed by atoms with Crippen LogP contribution in [0.5, 0.6) is 0 Å². The number of benzene rings is 1. The van der Waals surface area contributed by atoms with Crippen molar-refractivity contribution >= 4 is 50.5 Å². The number of rotatable bonds is 4. The standard InChI is InChI=1S/C28H28N2O3S2/c1-28(2,3)16-11-12-18-23(14-16)35-26(24(18)27(32)33-4)30-25(31)19-15-21(22-10-7-13-34-22)29-20-9-6-5-8-17(19)20/h5-10,13,15-16H,11-12,14H2,1-4H3,(H,30,31)/t16-/m0/s1. The van der Waals surface area contributed by atoms with Gasteiger partial charge in [0.1, 0.15) is 5.00 Å². The first-order valence-electron chi connectivity index (χ1n) is 11.7. The summed E-state index contributed by atoms with van der Waals surface area (Å²) >= 11 is 3.09. The van der Waals surface area contributed by atoms with E-state index in [1.807, 2.05) is 47.8 Å². The number of hydrogen-bond acceptors (Lipinski definition) is 6. The number of esters is 1. The predicted molar refractivity (Wildman–Crippen MR) is 144 cm³/mol. The molecular formula is C28H28N2O3S2. The molecule has 0 fully saturated rings. The number of hydrogen-bond donors (Lipinski definition) is 1. The molecular weight excluding hydrogens is 476 g/mol. The highest BCUT2D eigenvalue weighted by Crippen LogP contribution is 2.44. The Labute approximate surface area is 213 Å². The zero-order chi connectivity index (χ0) is 24.7. The second kappa shape index (κ2) is 9.21. The maximum atomic E-state index is 13.7. The Balaban J connectivity index is 1.55. The van der Waals surface area contributed by atoms with Crippen LogP contribution in [0, 0.1) is 11.3 Å². The lowest BCUT2D eigenvalue weighted by Crippen LogP contribution is -2.26. The van der Waals surface area contributed by atoms with Crippen LogP contribution in [0.1, 0.15) is 58.3 Å². The lowest BCUT2D eigenvalue weighted by atomic mass is 9.72. The first-order valence-corrected chi connectivity index (χ1v) is 13.4. The monoisotopic (exact) mass is 504 g/mol. The van der Waals surface area contributed by atoms with Crippen molar-refractivity contribution < 1.29 is 14.3 Å². The summed E-state index contributed by atoms with van der Waals surface area (Å²) in [5.74, 6) is -0.122. The number of fused-ring (bicyclic) bond motifs is 2. The van der Waals surface area contributed by atoms with Gasteiger partial charge in [0.15, 0.2) is 0 Å². The third-order valence-corrected chi connectivity index (χ3v) is 8.90. The van der Waals surface area contributed by atoms with E-state index in [-0.39, 0.29) is 11.3 Å². The molecule has 5 rings (SSSR count). The molecule has 1 aromatic carbocycles. The number of methoxy groups -OCH3 is 1. The van der Waals surface area contributed by atoms with Crippen molar-refractivity contribution in [3.8, 4) is 10.6 Å². The van der Waals surface area contributed by atoms with Gasteiger partial charge in [-0.15, -0.1) is 22.7 Å². The summed E-state index contributed by atoms with van der Waals surface area (Å²) in [6.45, 7) is 6.79. The molecule has 0 saturated carbocycles. The summed E-state index contributed by atoms with van der Waals surface area (Å²) < 4.78 is 5.13. The normalized spacial score (nSPS) is 15.6. The number of nitrogens with one attached hydrogen (secondary N) is 1. The van der Waals surface area contributed by atoms with Crippen LogP contribution in [0.15, 0.2) is 47.8 Å². The lowest BCUT2D eigenvalue weighted by molar-refractivity contribution is 0.0600. The Morgan fingerprint density at radius 3 is 2.66 bits per heavy atom. The molecule has 3 heterocycles. The van der Waals surface area contributed by atoms with Gasteiger partial charge in [-0.2, -0.15) is 0 Å². The maximum absolute atomic E-state index is 13.7. The van der Waals surface area contributed by atoms with Crippen LogP contribution >= 0.6 is 22.7 Å². The molecule has 0 bridgehead atoms. The van der Waals surface area contributed by atoms with Crippen LogP contribution in [0.4, 0.5) is 5.00 Å². The number of amides is 1. The van der Waals surface area contributed by atoms with Gasteiger partial charge in [0, 0.05) is 10.3 Å². The summed E-state index contributed by atoms with van der Waals surface area (Å²) in [5.41, 5.74) is 3.77. The number of pyridine rings is 1. The van der Waals surface area contributed by atoms with E-state index in [0.717, 1.165) is 46.3 Å². The molecule has 180 valence electrons. The van der Waals surface area contributed by atoms with E-state index in [0.29, 0.717) is 22.0 Å². The molecule has 1 aliphatic rings. The van der Waals surface area contributed by atoms with E-state index in [1.165, 1.54) is 23.3 Å². The average molecular weight is 505 g/mol. The average Bonchev–Trinajstić information content (AvgIpc) is 3.50. The van der Waals surface area contributed by atoms with Crippen LogP contribution in [-0.2, 0) is 17.6 Å². The van der Waals surface area contributed by atoms with E-state index < -0.39 is 5.97 Å². The van der Waals surface area contributed by atoms with Crippen LogP contribution in [0.3, 0.4) is 0 Å². The van der Waals surface area contributed by atoms with E-state index >= 15 is 0 Å². The van der Waals surface area contributed by atoms with Gasteiger partial charge < -0.3 is 10.1 Å². The number of thiophene rings is 2. The number of carbonyl (C=O) groups is 2. The van der Waals surface area contributed by atoms with Crippen LogP contribution in [0.25, 0.3) is 21.5 Å². The molecule has 1 atom stereocenters. The summed E-state index contributed by atoms with van der Waals surface area (Å²) in [4.78, 5) is 33.4. The van der Waals surface area contributed by atoms with Crippen molar-refractivity contribution in [3.63, 3.8) is 0 Å². The molecule has 1 amide bonds. The molecule has 0 unspecified atom stereocenters. The molecule has 0 aliphatic heterocycles. The number of carbonyl (C=O) groups excluding carboxylic acids is 2. The molecule has 4 aromatic rings. The second-order valence-electron chi connectivity index (χ2n) is 10.0. The first kappa shape index (κ1) is 23.7. The van der Waals surface area contributed by atoms with Crippen molar-refractivity contribution in [1.29, 1.82) is 0 Å². The van der Waals surface area contributed by atoms with Gasteiger partial charge in [-0.05, 0) is 59.7 Å². The SMILES string of the molecule is COC(=O)c1c(NC(=O)c2cc(-c3cccs3)nc3ccccc23)sc2c1CC[C@H](C(C)(C)C)C2. The quantitative estimate of drug-likeness (QED) is 0.298. The molecule has 35 heavy (non-hydrogen) atoms. The maximum Gasteiger partial charge on any atom is 0.341 e. The minimum Gasteiger partial charge on any atom is -0.465 e. The summed E-state index contributed by atoms with van der Waals surface area (Å²) in [6, 6.07) is 13.5. The summed E-state index contributed by atoms with van der Waals surface area (Å²) in [7, 11) is 1.39. The van der Waals surface area contributed by atoms with E-state index in [1.54, 1.807) is 11.3 Å². The topological polar surface area (TPSA) is 68.3 Å². The fourth-order valence-corrected chi connectivity index (χ4v) is 6.81. The molecule has 0 saturated heterocycles. The zero-order valence-electron chi connectivity index (χ0n) is 20.3. The number of aromatic nitrogens is 1. The van der Waals surface area contributed by atoms with Crippen LogP contribution < -0.4 is 5.32 Å². The highest BCUT2D eigenvalue weighted by atomic mass is 32.1. The molecule has 3 aromatic heterocycles. The van der Waals surface area contributed by atoms with Gasteiger partial charge in [-0.3, -0.25) is 4.79 Å². The van der Waals surface area contributed by atoms with Crippen molar-refractivity contribution in [2.45, 2.75) is 40.0 Å². The Hall–Kier alpha value is -3.03. The summed E-state index contributed by atoms with van der Waals surface area (Å²) in [6.07, 6.45) is 2.74. The first-order chi connectivity index (χ1) is 16.8. The third-order valence-electron chi connectivity index (χ3n) is 6.84. The van der Waals surface area contributed by atoms with Gasteiger partial charge in [0.2, 0.25) is 0 Å². The minimum atomic E-state index is -0.397. The summed E-state index contributed by atoms with van der Waals surface area (Å²) in [5, 5.41) is 6.41. The fraction of sp³-hybridized carbons (Fsp3) is 0.321. The fourth-order valence-electron chi connectivity index (χ4n) is 4.82. The largest absolute Gasteiger partial charge is 0.465 e. The molecule has 1 N–H and O–H groups in total. The molecule has 1 aliphatic carbocycles. The predicted octanol–water partition coefficient (Wildman–Crippen LogP) is 7.21. The molecule has 7 heteroatoms. The Morgan fingerprint density at radius 2 is 1.94 bits per heavy atom. The molecule has 5 nitrogen and oxygen atoms in total. The lowest BCUT2D eigenvalue weighted by Gasteiger charge is -2.33. The van der Waals surface area contributed by atoms with Crippen LogP contribution in [-0.4, -0.2) is 24.0 Å². The number of para-hydroxylation sites is 1. The van der Waals surface area contributed by atoms with Gasteiger partial charge in [0.25, 0.3) is 5.91 Å². The van der Waals surface area contributed by atoms with Crippen molar-refractivity contribution in [1.82, 2.24) is 4.98 Å². The zero-order valence-corrected chi connectivity index (χ0v) is 21.9.